The van der Waals surface area contributed by atoms with Gasteiger partial charge in [-0.2, -0.15) is 0 Å². The second-order valence-electron chi connectivity index (χ2n) is 4.65. The Hall–Kier alpha value is -1.02. The van der Waals surface area contributed by atoms with Gasteiger partial charge in [-0.05, 0) is 32.1 Å². The Balaban J connectivity index is 0.00000400. The van der Waals surface area contributed by atoms with E-state index in [9.17, 15) is 0 Å². The summed E-state index contributed by atoms with van der Waals surface area (Å²) in [5.41, 5.74) is 6.78. The fraction of sp³-hybridized carbons (Fsp3) is 0.533. The van der Waals surface area contributed by atoms with Gasteiger partial charge >= 0.3 is 0 Å². The Labute approximate surface area is 145 Å². The van der Waals surface area contributed by atoms with Gasteiger partial charge in [-0.3, -0.25) is 9.89 Å². The van der Waals surface area contributed by atoms with Gasteiger partial charge < -0.3 is 15.8 Å². The van der Waals surface area contributed by atoms with Crippen molar-refractivity contribution in [2.75, 3.05) is 32.1 Å². The number of aliphatic imine (C=N–C) groups is 1. The van der Waals surface area contributed by atoms with Gasteiger partial charge in [-0.25, -0.2) is 0 Å². The maximum atomic E-state index is 5.91. The number of nitrogens with one attached hydrogen (secondary N) is 1. The molecule has 1 rings (SSSR count). The van der Waals surface area contributed by atoms with Crippen LogP contribution in [0.3, 0.4) is 0 Å². The van der Waals surface area contributed by atoms with E-state index in [0.29, 0.717) is 18.5 Å². The number of anilines is 1. The van der Waals surface area contributed by atoms with E-state index < -0.39 is 0 Å². The predicted octanol–water partition coefficient (Wildman–Crippen LogP) is 2.77. The largest absolute Gasteiger partial charge is 0.497 e. The van der Waals surface area contributed by atoms with Crippen LogP contribution in [0, 0.1) is 0 Å². The molecule has 0 saturated carbocycles. The van der Waals surface area contributed by atoms with E-state index in [1.54, 1.807) is 7.11 Å². The first-order valence-electron chi connectivity index (χ1n) is 7.05. The minimum Gasteiger partial charge on any atom is -0.497 e. The highest BCUT2D eigenvalue weighted by Crippen LogP contribution is 2.16. The van der Waals surface area contributed by atoms with Gasteiger partial charge in [0.05, 0.1) is 13.7 Å². The van der Waals surface area contributed by atoms with Crippen LogP contribution in [0.2, 0.25) is 0 Å². The van der Waals surface area contributed by atoms with Gasteiger partial charge in [0.1, 0.15) is 5.75 Å². The third-order valence-corrected chi connectivity index (χ3v) is 3.30. The van der Waals surface area contributed by atoms with Gasteiger partial charge in [0, 0.05) is 17.8 Å². The van der Waals surface area contributed by atoms with Gasteiger partial charge in [0.2, 0.25) is 0 Å². The number of benzene rings is 1. The molecule has 0 amide bonds. The van der Waals surface area contributed by atoms with E-state index in [4.69, 9.17) is 10.5 Å². The Kier molecular flexibility index (Phi) is 10.2. The van der Waals surface area contributed by atoms with E-state index in [0.717, 1.165) is 24.5 Å². The summed E-state index contributed by atoms with van der Waals surface area (Å²) < 4.78 is 5.17. The van der Waals surface area contributed by atoms with Gasteiger partial charge in [0.15, 0.2) is 5.96 Å². The lowest BCUT2D eigenvalue weighted by Crippen LogP contribution is -2.36. The van der Waals surface area contributed by atoms with Crippen molar-refractivity contribution in [1.82, 2.24) is 4.90 Å². The van der Waals surface area contributed by atoms with Crippen LogP contribution in [-0.2, 0) is 0 Å². The van der Waals surface area contributed by atoms with Gasteiger partial charge in [-0.1, -0.05) is 19.9 Å². The summed E-state index contributed by atoms with van der Waals surface area (Å²) in [4.78, 5) is 6.74. The molecule has 0 fully saturated rings. The molecule has 6 heteroatoms. The number of nitrogens with two attached hydrogens (primary N) is 1. The fourth-order valence-electron chi connectivity index (χ4n) is 2.08. The standard InChI is InChI=1S/C15H26N4O.HI/c1-5-19(6-2)12(3)11-17-15(16)18-13-8-7-9-14(10-13)20-4;/h7-10,12H,5-6,11H2,1-4H3,(H3,16,17,18);1H. The second kappa shape index (κ2) is 10.7. The molecule has 120 valence electrons. The van der Waals surface area contributed by atoms with Crippen LogP contribution in [0.5, 0.6) is 5.75 Å². The quantitative estimate of drug-likeness (QED) is 0.415. The summed E-state index contributed by atoms with van der Waals surface area (Å²) in [5, 5.41) is 3.08. The van der Waals surface area contributed by atoms with E-state index in [1.165, 1.54) is 0 Å². The molecule has 1 aromatic rings. The normalized spacial score (nSPS) is 12.7. The third kappa shape index (κ3) is 6.99. The van der Waals surface area contributed by atoms with Gasteiger partial charge in [-0.15, -0.1) is 24.0 Å². The summed E-state index contributed by atoms with van der Waals surface area (Å²) >= 11 is 0. The molecule has 0 aromatic heterocycles. The number of nitrogens with zero attached hydrogens (tertiary/aromatic N) is 2. The molecule has 3 N–H and O–H groups in total. The Morgan fingerprint density at radius 2 is 2.05 bits per heavy atom. The zero-order valence-corrected chi connectivity index (χ0v) is 15.6. The van der Waals surface area contributed by atoms with Crippen molar-refractivity contribution in [3.05, 3.63) is 24.3 Å². The molecule has 0 aliphatic rings. The monoisotopic (exact) mass is 406 g/mol. The number of halogens is 1. The molecule has 0 aliphatic carbocycles. The highest BCUT2D eigenvalue weighted by atomic mass is 127. The number of likely N-dealkylation sites (N-methyl/N-ethyl adjacent to an activating group) is 1. The molecule has 21 heavy (non-hydrogen) atoms. The predicted molar refractivity (Wildman–Crippen MR) is 101 cm³/mol. The topological polar surface area (TPSA) is 62.9 Å². The lowest BCUT2D eigenvalue weighted by molar-refractivity contribution is 0.237. The number of rotatable bonds is 7. The van der Waals surface area contributed by atoms with Crippen molar-refractivity contribution in [1.29, 1.82) is 0 Å². The molecule has 0 bridgehead atoms. The maximum absolute atomic E-state index is 5.91. The van der Waals surface area contributed by atoms with Crippen LogP contribution in [-0.4, -0.2) is 43.6 Å². The number of ether oxygens (including phenoxy) is 1. The molecular weight excluding hydrogens is 379 g/mol. The fourth-order valence-corrected chi connectivity index (χ4v) is 2.08. The smallest absolute Gasteiger partial charge is 0.193 e. The minimum atomic E-state index is 0. The molecule has 5 nitrogen and oxygen atoms in total. The molecule has 0 aliphatic heterocycles. The summed E-state index contributed by atoms with van der Waals surface area (Å²) in [5.74, 6) is 1.22. The third-order valence-electron chi connectivity index (χ3n) is 3.30. The Morgan fingerprint density at radius 1 is 1.38 bits per heavy atom. The zero-order chi connectivity index (χ0) is 15.0. The van der Waals surface area contributed by atoms with E-state index in [2.05, 4.69) is 36.0 Å². The lowest BCUT2D eigenvalue weighted by atomic mass is 10.3. The number of hydrogen-bond acceptors (Lipinski definition) is 3. The summed E-state index contributed by atoms with van der Waals surface area (Å²) in [7, 11) is 1.64. The highest BCUT2D eigenvalue weighted by Gasteiger charge is 2.09. The number of hydrogen-bond donors (Lipinski definition) is 2. The van der Waals surface area contributed by atoms with E-state index >= 15 is 0 Å². The molecular formula is C15H27IN4O. The molecule has 0 spiro atoms. The van der Waals surface area contributed by atoms with E-state index in [1.807, 2.05) is 24.3 Å². The van der Waals surface area contributed by atoms with Crippen molar-refractivity contribution >= 4 is 35.6 Å². The second-order valence-corrected chi connectivity index (χ2v) is 4.65. The van der Waals surface area contributed by atoms with Crippen molar-refractivity contribution in [3.8, 4) is 5.75 Å². The summed E-state index contributed by atoms with van der Waals surface area (Å²) in [6.07, 6.45) is 0. The zero-order valence-electron chi connectivity index (χ0n) is 13.3. The van der Waals surface area contributed by atoms with Crippen LogP contribution in [0.15, 0.2) is 29.3 Å². The number of methoxy groups -OCH3 is 1. The minimum absolute atomic E-state index is 0. The van der Waals surface area contributed by atoms with E-state index in [-0.39, 0.29) is 24.0 Å². The van der Waals surface area contributed by atoms with Crippen molar-refractivity contribution in [2.24, 2.45) is 10.7 Å². The average molecular weight is 406 g/mol. The first kappa shape index (κ1) is 20.0. The summed E-state index contributed by atoms with van der Waals surface area (Å²) in [6.45, 7) is 9.20. The van der Waals surface area contributed by atoms with Crippen LogP contribution in [0.4, 0.5) is 5.69 Å². The van der Waals surface area contributed by atoms with Crippen LogP contribution >= 0.6 is 24.0 Å². The lowest BCUT2D eigenvalue weighted by Gasteiger charge is -2.24. The van der Waals surface area contributed by atoms with Crippen LogP contribution < -0.4 is 15.8 Å². The average Bonchev–Trinajstić information content (AvgIpc) is 2.46. The first-order valence-corrected chi connectivity index (χ1v) is 7.05. The molecule has 0 heterocycles. The summed E-state index contributed by atoms with van der Waals surface area (Å²) in [6, 6.07) is 8.00. The maximum Gasteiger partial charge on any atom is 0.193 e. The highest BCUT2D eigenvalue weighted by molar-refractivity contribution is 14.0. The Morgan fingerprint density at radius 3 is 2.62 bits per heavy atom. The van der Waals surface area contributed by atoms with Crippen molar-refractivity contribution in [2.45, 2.75) is 26.8 Å². The first-order chi connectivity index (χ1) is 9.60. The van der Waals surface area contributed by atoms with Gasteiger partial charge in [0.25, 0.3) is 0 Å². The molecule has 1 aromatic carbocycles. The van der Waals surface area contributed by atoms with Crippen LogP contribution in [0.1, 0.15) is 20.8 Å². The Bertz CT molecular complexity index is 435. The SMILES string of the molecule is CCN(CC)C(C)CN=C(N)Nc1cccc(OC)c1.I. The molecule has 0 saturated heterocycles. The van der Waals surface area contributed by atoms with Crippen molar-refractivity contribution < 1.29 is 4.74 Å². The number of guanidine groups is 1. The van der Waals surface area contributed by atoms with Crippen molar-refractivity contribution in [3.63, 3.8) is 0 Å². The van der Waals surface area contributed by atoms with Crippen LogP contribution in [0.25, 0.3) is 0 Å². The molecule has 0 radical (unpaired) electrons. The molecule has 1 atom stereocenters. The molecule has 1 unspecified atom stereocenters.